The Bertz CT molecular complexity index is 896. The van der Waals surface area contributed by atoms with E-state index in [-0.39, 0.29) is 17.6 Å². The maximum absolute atomic E-state index is 10.9. The van der Waals surface area contributed by atoms with Crippen LogP contribution < -0.4 is 10.5 Å². The number of ether oxygens (including phenoxy) is 1. The average molecular weight is 440 g/mol. The fraction of sp³-hybridized carbons (Fsp3) is 0.429. The number of benzene rings is 2. The lowest BCUT2D eigenvalue weighted by molar-refractivity contribution is 0.137. The summed E-state index contributed by atoms with van der Waals surface area (Å²) in [5.74, 6) is 1.56. The molecule has 0 bridgehead atoms. The van der Waals surface area contributed by atoms with E-state index in [1.54, 1.807) is 24.8 Å². The molecule has 0 aromatic heterocycles. The topological polar surface area (TPSA) is 110 Å². The minimum Gasteiger partial charge on any atom is -0.508 e. The van der Waals surface area contributed by atoms with Gasteiger partial charge in [0, 0.05) is 11.7 Å². The molecule has 1 heterocycles. The molecule has 0 spiro atoms. The van der Waals surface area contributed by atoms with Gasteiger partial charge >= 0.3 is 0 Å². The molecule has 160 valence electrons. The highest BCUT2D eigenvalue weighted by molar-refractivity contribution is 7.99. The highest BCUT2D eigenvalue weighted by Crippen LogP contribution is 2.39. The zero-order valence-corrected chi connectivity index (χ0v) is 18.5. The molecule has 0 radical (unpaired) electrons. The van der Waals surface area contributed by atoms with Crippen LogP contribution in [0.5, 0.6) is 11.5 Å². The van der Waals surface area contributed by atoms with Crippen LogP contribution in [-0.2, 0) is 10.1 Å². The van der Waals surface area contributed by atoms with Gasteiger partial charge < -0.3 is 9.84 Å². The second-order valence-electron chi connectivity index (χ2n) is 7.43. The number of hydrogen-bond acceptors (Lipinski definition) is 6. The SMILES string of the molecule is Cc1cccc2c1SCC(CC(C)CS(=O)(=O)O)C(N)O2.Cc1ccccc1O. The van der Waals surface area contributed by atoms with Crippen molar-refractivity contribution in [3.8, 4) is 11.5 Å². The maximum Gasteiger partial charge on any atom is 0.265 e. The first-order valence-electron chi connectivity index (χ1n) is 9.41. The fourth-order valence-electron chi connectivity index (χ4n) is 3.14. The molecular weight excluding hydrogens is 410 g/mol. The van der Waals surface area contributed by atoms with Crippen molar-refractivity contribution < 1.29 is 22.8 Å². The van der Waals surface area contributed by atoms with Gasteiger partial charge in [-0.15, -0.1) is 11.8 Å². The Morgan fingerprint density at radius 2 is 1.83 bits per heavy atom. The van der Waals surface area contributed by atoms with Gasteiger partial charge in [0.1, 0.15) is 11.5 Å². The van der Waals surface area contributed by atoms with Gasteiger partial charge in [0.25, 0.3) is 10.1 Å². The first-order chi connectivity index (χ1) is 13.6. The van der Waals surface area contributed by atoms with Gasteiger partial charge in [0.15, 0.2) is 6.23 Å². The van der Waals surface area contributed by atoms with Crippen molar-refractivity contribution in [2.24, 2.45) is 17.6 Å². The van der Waals surface area contributed by atoms with Crippen molar-refractivity contribution in [3.63, 3.8) is 0 Å². The molecule has 4 N–H and O–H groups in total. The van der Waals surface area contributed by atoms with Crippen LogP contribution in [0.15, 0.2) is 47.4 Å². The molecule has 2 aromatic rings. The number of phenolic OH excluding ortho intramolecular Hbond substituents is 1. The highest BCUT2D eigenvalue weighted by atomic mass is 32.2. The molecule has 1 aliphatic heterocycles. The zero-order valence-electron chi connectivity index (χ0n) is 16.9. The van der Waals surface area contributed by atoms with Crippen molar-refractivity contribution in [1.29, 1.82) is 0 Å². The van der Waals surface area contributed by atoms with E-state index in [4.69, 9.17) is 20.1 Å². The lowest BCUT2D eigenvalue weighted by Crippen LogP contribution is -2.37. The standard InChI is InChI=1S/C14H21NO4S2.C7H8O/c1-9(8-21(16,17)18)6-11-7-20-13-10(2)4-3-5-12(13)19-14(11)15;1-6-4-2-3-5-7(6)8/h3-5,9,11,14H,6-8,15H2,1-2H3,(H,16,17,18);2-5,8H,1H3. The lowest BCUT2D eigenvalue weighted by atomic mass is 9.97. The predicted molar refractivity (Wildman–Crippen MR) is 117 cm³/mol. The quantitative estimate of drug-likeness (QED) is 0.618. The molecule has 3 rings (SSSR count). The summed E-state index contributed by atoms with van der Waals surface area (Å²) >= 11 is 1.69. The van der Waals surface area contributed by atoms with Crippen LogP contribution in [0, 0.1) is 25.7 Å². The lowest BCUT2D eigenvalue weighted by Gasteiger charge is -2.23. The number of hydrogen-bond donors (Lipinski definition) is 3. The van der Waals surface area contributed by atoms with E-state index >= 15 is 0 Å². The van der Waals surface area contributed by atoms with E-state index in [0.29, 0.717) is 12.2 Å². The molecule has 8 heteroatoms. The van der Waals surface area contributed by atoms with E-state index in [1.807, 2.05) is 50.2 Å². The Morgan fingerprint density at radius 1 is 1.17 bits per heavy atom. The molecule has 0 saturated carbocycles. The normalized spacial score (nSPS) is 19.8. The van der Waals surface area contributed by atoms with Crippen molar-refractivity contribution in [2.75, 3.05) is 11.5 Å². The van der Waals surface area contributed by atoms with E-state index in [0.717, 1.165) is 27.5 Å². The minimum atomic E-state index is -3.95. The van der Waals surface area contributed by atoms with Gasteiger partial charge in [-0.1, -0.05) is 37.3 Å². The Morgan fingerprint density at radius 3 is 2.41 bits per heavy atom. The summed E-state index contributed by atoms with van der Waals surface area (Å²) < 4.78 is 36.6. The zero-order chi connectivity index (χ0) is 21.6. The third-order valence-corrected chi connectivity index (χ3v) is 7.06. The van der Waals surface area contributed by atoms with E-state index < -0.39 is 16.3 Å². The summed E-state index contributed by atoms with van der Waals surface area (Å²) in [7, 11) is -3.95. The van der Waals surface area contributed by atoms with Crippen LogP contribution in [0.25, 0.3) is 0 Å². The largest absolute Gasteiger partial charge is 0.508 e. The highest BCUT2D eigenvalue weighted by Gasteiger charge is 2.28. The summed E-state index contributed by atoms with van der Waals surface area (Å²) in [6, 6.07) is 13.1. The van der Waals surface area contributed by atoms with Crippen LogP contribution in [0.3, 0.4) is 0 Å². The van der Waals surface area contributed by atoms with E-state index in [1.165, 1.54) is 0 Å². The number of para-hydroxylation sites is 1. The van der Waals surface area contributed by atoms with Gasteiger partial charge in [-0.2, -0.15) is 8.42 Å². The summed E-state index contributed by atoms with van der Waals surface area (Å²) in [6.07, 6.45) is 0.130. The summed E-state index contributed by atoms with van der Waals surface area (Å²) in [6.45, 7) is 5.70. The number of rotatable bonds is 4. The van der Waals surface area contributed by atoms with Crippen LogP contribution in [0.2, 0.25) is 0 Å². The Labute approximate surface area is 177 Å². The molecule has 0 saturated heterocycles. The van der Waals surface area contributed by atoms with Crippen LogP contribution >= 0.6 is 11.8 Å². The third-order valence-electron chi connectivity index (χ3n) is 4.66. The molecule has 3 atom stereocenters. The van der Waals surface area contributed by atoms with E-state index in [2.05, 4.69) is 0 Å². The summed E-state index contributed by atoms with van der Waals surface area (Å²) in [5.41, 5.74) is 8.18. The van der Waals surface area contributed by atoms with Crippen molar-refractivity contribution >= 4 is 21.9 Å². The average Bonchev–Trinajstić information content (AvgIpc) is 2.76. The molecule has 1 aliphatic rings. The molecule has 2 aromatic carbocycles. The van der Waals surface area contributed by atoms with E-state index in [9.17, 15) is 8.42 Å². The molecule has 0 fully saturated rings. The molecular formula is C21H29NO5S2. The Hall–Kier alpha value is -1.74. The number of fused-ring (bicyclic) bond motifs is 1. The Balaban J connectivity index is 0.000000313. The van der Waals surface area contributed by atoms with Gasteiger partial charge in [-0.05, 0) is 49.4 Å². The van der Waals surface area contributed by atoms with Gasteiger partial charge in [0.2, 0.25) is 0 Å². The molecule has 6 nitrogen and oxygen atoms in total. The predicted octanol–water partition coefficient (Wildman–Crippen LogP) is 4.00. The second-order valence-corrected chi connectivity index (χ2v) is 9.96. The fourth-order valence-corrected chi connectivity index (χ4v) is 5.26. The van der Waals surface area contributed by atoms with Crippen LogP contribution in [0.1, 0.15) is 24.5 Å². The summed E-state index contributed by atoms with van der Waals surface area (Å²) in [5, 5.41) is 8.92. The van der Waals surface area contributed by atoms with Crippen LogP contribution in [-0.4, -0.2) is 35.8 Å². The molecule has 0 aliphatic carbocycles. The van der Waals surface area contributed by atoms with Gasteiger partial charge in [0.05, 0.1) is 10.6 Å². The van der Waals surface area contributed by atoms with Crippen molar-refractivity contribution in [1.82, 2.24) is 0 Å². The summed E-state index contributed by atoms with van der Waals surface area (Å²) in [4.78, 5) is 1.10. The first kappa shape index (κ1) is 23.5. The number of aryl methyl sites for hydroxylation is 2. The number of aromatic hydroxyl groups is 1. The maximum atomic E-state index is 10.9. The molecule has 29 heavy (non-hydrogen) atoms. The van der Waals surface area contributed by atoms with Gasteiger partial charge in [-0.3, -0.25) is 10.3 Å². The van der Waals surface area contributed by atoms with Crippen LogP contribution in [0.4, 0.5) is 0 Å². The second kappa shape index (κ2) is 10.3. The van der Waals surface area contributed by atoms with Crippen molar-refractivity contribution in [2.45, 2.75) is 38.3 Å². The number of phenols is 1. The molecule has 3 unspecified atom stereocenters. The Kier molecular flexibility index (Phi) is 8.39. The van der Waals surface area contributed by atoms with Gasteiger partial charge in [-0.25, -0.2) is 0 Å². The number of nitrogens with two attached hydrogens (primary N) is 1. The smallest absolute Gasteiger partial charge is 0.265 e. The third kappa shape index (κ3) is 7.54. The monoisotopic (exact) mass is 439 g/mol. The number of thioether (sulfide) groups is 1. The minimum absolute atomic E-state index is 0.0403. The first-order valence-corrected chi connectivity index (χ1v) is 12.0. The van der Waals surface area contributed by atoms with Crippen molar-refractivity contribution in [3.05, 3.63) is 53.6 Å². The molecule has 0 amide bonds.